The normalized spacial score (nSPS) is 15.8. The second-order valence-electron chi connectivity index (χ2n) is 6.73. The first-order chi connectivity index (χ1) is 12.3. The van der Waals surface area contributed by atoms with Crippen LogP contribution >= 0.6 is 15.9 Å². The number of carbonyl (C=O) groups excluding carboxylic acids is 1. The summed E-state index contributed by atoms with van der Waals surface area (Å²) < 4.78 is 27.5. The van der Waals surface area contributed by atoms with E-state index in [1.807, 2.05) is 0 Å². The highest BCUT2D eigenvalue weighted by Crippen LogP contribution is 2.25. The first-order valence-electron chi connectivity index (χ1n) is 9.09. The van der Waals surface area contributed by atoms with Crippen LogP contribution < -0.4 is 5.32 Å². The average molecular weight is 446 g/mol. The zero-order valence-corrected chi connectivity index (χ0v) is 18.1. The number of rotatable bonds is 8. The molecule has 1 heterocycles. The van der Waals surface area contributed by atoms with Crippen LogP contribution in [-0.2, 0) is 10.0 Å². The third kappa shape index (κ3) is 5.06. The Morgan fingerprint density at radius 2 is 1.96 bits per heavy atom. The first kappa shape index (κ1) is 21.3. The van der Waals surface area contributed by atoms with Crippen LogP contribution in [0.25, 0.3) is 0 Å². The molecule has 0 bridgehead atoms. The van der Waals surface area contributed by atoms with Gasteiger partial charge in [-0.15, -0.1) is 0 Å². The Labute approximate surface area is 165 Å². The van der Waals surface area contributed by atoms with E-state index < -0.39 is 10.0 Å². The maximum Gasteiger partial charge on any atom is 0.252 e. The molecule has 1 saturated heterocycles. The van der Waals surface area contributed by atoms with Crippen molar-refractivity contribution in [2.45, 2.75) is 44.6 Å². The van der Waals surface area contributed by atoms with Crippen molar-refractivity contribution in [1.82, 2.24) is 14.5 Å². The molecule has 1 amide bonds. The van der Waals surface area contributed by atoms with Crippen LogP contribution in [0.3, 0.4) is 0 Å². The van der Waals surface area contributed by atoms with Gasteiger partial charge in [0.25, 0.3) is 5.91 Å². The Bertz CT molecular complexity index is 731. The molecular weight excluding hydrogens is 418 g/mol. The lowest BCUT2D eigenvalue weighted by atomic mass is 10.2. The molecule has 2 rings (SSSR count). The van der Waals surface area contributed by atoms with Crippen LogP contribution in [-0.4, -0.2) is 62.3 Å². The van der Waals surface area contributed by atoms with E-state index in [0.29, 0.717) is 35.7 Å². The fourth-order valence-corrected chi connectivity index (χ4v) is 5.08. The molecule has 0 aromatic heterocycles. The van der Waals surface area contributed by atoms with Crippen molar-refractivity contribution in [3.8, 4) is 0 Å². The summed E-state index contributed by atoms with van der Waals surface area (Å²) in [4.78, 5) is 15.0. The molecule has 1 fully saturated rings. The summed E-state index contributed by atoms with van der Waals surface area (Å²) in [7, 11) is -3.54. The van der Waals surface area contributed by atoms with Gasteiger partial charge in [-0.25, -0.2) is 8.42 Å². The number of benzene rings is 1. The van der Waals surface area contributed by atoms with Gasteiger partial charge in [-0.2, -0.15) is 4.31 Å². The highest BCUT2D eigenvalue weighted by molar-refractivity contribution is 9.10. The number of nitrogens with one attached hydrogen (secondary N) is 1. The van der Waals surface area contributed by atoms with Crippen LogP contribution in [0.1, 0.15) is 44.0 Å². The van der Waals surface area contributed by atoms with Gasteiger partial charge in [0.05, 0.1) is 10.5 Å². The molecule has 0 aliphatic carbocycles. The van der Waals surface area contributed by atoms with Crippen LogP contribution in [0, 0.1) is 0 Å². The molecule has 0 unspecified atom stereocenters. The van der Waals surface area contributed by atoms with Crippen LogP contribution in [0.4, 0.5) is 0 Å². The third-order valence-corrected chi connectivity index (χ3v) is 7.29. The molecule has 0 radical (unpaired) electrons. The standard InChI is InChI=1S/C18H28BrN3O3S/c1-4-21(14(2)3)12-9-20-18(23)16-13-15(7-8-17(16)19)26(24,25)22-10-5-6-11-22/h7-8,13-14H,4-6,9-12H2,1-3H3,(H,20,23). The van der Waals surface area contributed by atoms with Gasteiger partial charge < -0.3 is 5.32 Å². The van der Waals surface area contributed by atoms with Crippen molar-refractivity contribution in [3.63, 3.8) is 0 Å². The number of sulfonamides is 1. The fraction of sp³-hybridized carbons (Fsp3) is 0.611. The Hall–Kier alpha value is -0.960. The van der Waals surface area contributed by atoms with Gasteiger partial charge in [-0.05, 0) is 67.4 Å². The molecule has 146 valence electrons. The van der Waals surface area contributed by atoms with E-state index in [9.17, 15) is 13.2 Å². The van der Waals surface area contributed by atoms with E-state index in [-0.39, 0.29) is 10.8 Å². The minimum atomic E-state index is -3.54. The van der Waals surface area contributed by atoms with Gasteiger partial charge in [-0.1, -0.05) is 6.92 Å². The highest BCUT2D eigenvalue weighted by Gasteiger charge is 2.28. The second-order valence-corrected chi connectivity index (χ2v) is 9.52. The fourth-order valence-electron chi connectivity index (χ4n) is 3.11. The number of hydrogen-bond donors (Lipinski definition) is 1. The van der Waals surface area contributed by atoms with Crippen molar-refractivity contribution < 1.29 is 13.2 Å². The zero-order valence-electron chi connectivity index (χ0n) is 15.7. The lowest BCUT2D eigenvalue weighted by Crippen LogP contribution is -2.38. The maximum atomic E-state index is 12.7. The number of hydrogen-bond acceptors (Lipinski definition) is 4. The van der Waals surface area contributed by atoms with Crippen molar-refractivity contribution in [2.75, 3.05) is 32.7 Å². The number of likely N-dealkylation sites (N-methyl/N-ethyl adjacent to an activating group) is 1. The van der Waals surface area contributed by atoms with Crippen LogP contribution in [0.15, 0.2) is 27.6 Å². The highest BCUT2D eigenvalue weighted by atomic mass is 79.9. The maximum absolute atomic E-state index is 12.7. The molecule has 0 atom stereocenters. The molecule has 6 nitrogen and oxygen atoms in total. The Balaban J connectivity index is 2.10. The molecule has 26 heavy (non-hydrogen) atoms. The van der Waals surface area contributed by atoms with Gasteiger partial charge in [0.2, 0.25) is 10.0 Å². The van der Waals surface area contributed by atoms with E-state index in [2.05, 4.69) is 46.9 Å². The van der Waals surface area contributed by atoms with Crippen LogP contribution in [0.2, 0.25) is 0 Å². The van der Waals surface area contributed by atoms with Gasteiger partial charge >= 0.3 is 0 Å². The molecule has 1 aliphatic heterocycles. The Morgan fingerprint density at radius 1 is 1.31 bits per heavy atom. The van der Waals surface area contributed by atoms with Gasteiger partial charge in [0.1, 0.15) is 0 Å². The molecule has 0 saturated carbocycles. The summed E-state index contributed by atoms with van der Waals surface area (Å²) in [6, 6.07) is 5.06. The summed E-state index contributed by atoms with van der Waals surface area (Å²) >= 11 is 3.36. The predicted molar refractivity (Wildman–Crippen MR) is 107 cm³/mol. The van der Waals surface area contributed by atoms with Gasteiger partial charge in [0, 0.05) is 36.7 Å². The SMILES string of the molecule is CCN(CCNC(=O)c1cc(S(=O)(=O)N2CCCC2)ccc1Br)C(C)C. The molecule has 0 spiro atoms. The molecule has 8 heteroatoms. The van der Waals surface area contributed by atoms with Gasteiger partial charge in [-0.3, -0.25) is 9.69 Å². The molecule has 1 aromatic rings. The monoisotopic (exact) mass is 445 g/mol. The second kappa shape index (κ2) is 9.30. The van der Waals surface area contributed by atoms with E-state index in [1.54, 1.807) is 12.1 Å². The van der Waals surface area contributed by atoms with Crippen molar-refractivity contribution in [2.24, 2.45) is 0 Å². The summed E-state index contributed by atoms with van der Waals surface area (Å²) in [5.41, 5.74) is 0.345. The Kier molecular flexibility index (Phi) is 7.63. The number of nitrogens with zero attached hydrogens (tertiary/aromatic N) is 2. The van der Waals surface area contributed by atoms with Crippen molar-refractivity contribution in [1.29, 1.82) is 0 Å². The van der Waals surface area contributed by atoms with E-state index in [4.69, 9.17) is 0 Å². The predicted octanol–water partition coefficient (Wildman–Crippen LogP) is 2.69. The van der Waals surface area contributed by atoms with E-state index >= 15 is 0 Å². The molecule has 1 aliphatic rings. The number of halogens is 1. The zero-order chi connectivity index (χ0) is 19.3. The quantitative estimate of drug-likeness (QED) is 0.667. The van der Waals surface area contributed by atoms with Gasteiger partial charge in [0.15, 0.2) is 0 Å². The first-order valence-corrected chi connectivity index (χ1v) is 11.3. The summed E-state index contributed by atoms with van der Waals surface area (Å²) in [6.07, 6.45) is 1.76. The van der Waals surface area contributed by atoms with Crippen LogP contribution in [0.5, 0.6) is 0 Å². The van der Waals surface area contributed by atoms with E-state index in [0.717, 1.165) is 25.9 Å². The molecular formula is C18H28BrN3O3S. The van der Waals surface area contributed by atoms with E-state index in [1.165, 1.54) is 10.4 Å². The number of amides is 1. The minimum Gasteiger partial charge on any atom is -0.351 e. The average Bonchev–Trinajstić information content (AvgIpc) is 3.13. The molecule has 1 aromatic carbocycles. The summed E-state index contributed by atoms with van der Waals surface area (Å²) in [5, 5.41) is 2.89. The van der Waals surface area contributed by atoms with Crippen molar-refractivity contribution in [3.05, 3.63) is 28.2 Å². The molecule has 1 N–H and O–H groups in total. The summed E-state index contributed by atoms with van der Waals surface area (Å²) in [5.74, 6) is -0.268. The third-order valence-electron chi connectivity index (χ3n) is 4.71. The number of carbonyl (C=O) groups is 1. The minimum absolute atomic E-state index is 0.171. The lowest BCUT2D eigenvalue weighted by molar-refractivity contribution is 0.0945. The smallest absolute Gasteiger partial charge is 0.252 e. The lowest BCUT2D eigenvalue weighted by Gasteiger charge is -2.24. The largest absolute Gasteiger partial charge is 0.351 e. The van der Waals surface area contributed by atoms with Crippen molar-refractivity contribution >= 4 is 31.9 Å². The summed E-state index contributed by atoms with van der Waals surface area (Å²) in [6.45, 7) is 9.60. The Morgan fingerprint density at radius 3 is 2.54 bits per heavy atom. The topological polar surface area (TPSA) is 69.7 Å².